The summed E-state index contributed by atoms with van der Waals surface area (Å²) < 4.78 is 9.10. The maximum Gasteiger partial charge on any atom is 0.137 e. The molecule has 0 amide bonds. The van der Waals surface area contributed by atoms with E-state index in [1.165, 1.54) is 54.8 Å². The molecule has 9 aromatic carbocycles. The summed E-state index contributed by atoms with van der Waals surface area (Å²) in [5, 5.41) is 7.08. The third-order valence-electron chi connectivity index (χ3n) is 11.0. The summed E-state index contributed by atoms with van der Waals surface area (Å²) in [5.74, 6) is 0. The molecule has 2 aromatic heterocycles. The Bertz CT molecular complexity index is 3180. The molecule has 0 bridgehead atoms. The van der Waals surface area contributed by atoms with Crippen molar-refractivity contribution in [2.75, 3.05) is 4.90 Å². The number of rotatable bonds is 6. The molecule has 0 saturated heterocycles. The van der Waals surface area contributed by atoms with Crippen LogP contribution in [0.25, 0.3) is 82.5 Å². The zero-order chi connectivity index (χ0) is 36.3. The highest BCUT2D eigenvalue weighted by atomic mass is 16.3. The molecular formula is C52H34N2O. The molecule has 0 aliphatic carbocycles. The second-order valence-electron chi connectivity index (χ2n) is 14.1. The van der Waals surface area contributed by atoms with E-state index in [1.807, 2.05) is 0 Å². The van der Waals surface area contributed by atoms with Crippen molar-refractivity contribution < 1.29 is 4.42 Å². The van der Waals surface area contributed by atoms with Gasteiger partial charge in [-0.15, -0.1) is 0 Å². The summed E-state index contributed by atoms with van der Waals surface area (Å²) in [6.45, 7) is 0. The Hall–Kier alpha value is -7.36. The fourth-order valence-corrected chi connectivity index (χ4v) is 8.47. The number of nitrogens with zero attached hydrogens (tertiary/aromatic N) is 2. The monoisotopic (exact) mass is 702 g/mol. The Balaban J connectivity index is 1.12. The van der Waals surface area contributed by atoms with Gasteiger partial charge in [0.15, 0.2) is 0 Å². The summed E-state index contributed by atoms with van der Waals surface area (Å²) >= 11 is 0. The number of anilines is 3. The molecule has 0 unspecified atom stereocenters. The Labute approximate surface area is 318 Å². The quantitative estimate of drug-likeness (QED) is 0.172. The van der Waals surface area contributed by atoms with Gasteiger partial charge in [-0.3, -0.25) is 0 Å². The van der Waals surface area contributed by atoms with Gasteiger partial charge in [0, 0.05) is 55.7 Å². The Kier molecular flexibility index (Phi) is 7.17. The normalized spacial score (nSPS) is 11.6. The summed E-state index contributed by atoms with van der Waals surface area (Å²) in [4.78, 5) is 2.35. The highest BCUT2D eigenvalue weighted by Crippen LogP contribution is 2.44. The lowest BCUT2D eigenvalue weighted by atomic mass is 9.94. The third kappa shape index (κ3) is 5.13. The lowest BCUT2D eigenvalue weighted by Crippen LogP contribution is -2.09. The molecule has 0 atom stereocenters. The predicted octanol–water partition coefficient (Wildman–Crippen LogP) is 14.6. The minimum absolute atomic E-state index is 0.857. The minimum Gasteiger partial charge on any atom is -0.456 e. The van der Waals surface area contributed by atoms with E-state index in [9.17, 15) is 0 Å². The number of benzene rings is 9. The number of fused-ring (bicyclic) bond motifs is 8. The van der Waals surface area contributed by atoms with Gasteiger partial charge in [0.1, 0.15) is 11.2 Å². The molecule has 3 nitrogen and oxygen atoms in total. The number of hydrogen-bond acceptors (Lipinski definition) is 2. The lowest BCUT2D eigenvalue weighted by molar-refractivity contribution is 0.669. The highest BCUT2D eigenvalue weighted by molar-refractivity contribution is 6.23. The standard InChI is InChI=1S/C52H34N2O/c1-4-13-35(14-5-1)36-23-26-40(27-24-36)53(41-29-31-48-46(33-41)44-20-10-11-22-47(44)54(48)39-18-8-3-9-19-39)42-28-30-45-50(34-42)55-49-32-25-38-17-12-21-43(51(38)52(45)49)37-15-6-2-7-16-37/h1-34H. The molecule has 0 aliphatic rings. The van der Waals surface area contributed by atoms with E-state index in [2.05, 4.69) is 216 Å². The van der Waals surface area contributed by atoms with Gasteiger partial charge < -0.3 is 13.9 Å². The first-order chi connectivity index (χ1) is 27.3. The van der Waals surface area contributed by atoms with Crippen LogP contribution in [-0.2, 0) is 0 Å². The molecule has 11 rings (SSSR count). The molecule has 0 aliphatic heterocycles. The van der Waals surface area contributed by atoms with Gasteiger partial charge in [-0.25, -0.2) is 0 Å². The van der Waals surface area contributed by atoms with Crippen molar-refractivity contribution in [3.63, 3.8) is 0 Å². The van der Waals surface area contributed by atoms with Gasteiger partial charge in [0.25, 0.3) is 0 Å². The van der Waals surface area contributed by atoms with E-state index in [0.717, 1.165) is 44.7 Å². The van der Waals surface area contributed by atoms with Gasteiger partial charge >= 0.3 is 0 Å². The fourth-order valence-electron chi connectivity index (χ4n) is 8.47. The summed E-state index contributed by atoms with van der Waals surface area (Å²) in [5.41, 5.74) is 13.2. The summed E-state index contributed by atoms with van der Waals surface area (Å²) in [6.07, 6.45) is 0. The number of hydrogen-bond donors (Lipinski definition) is 0. The van der Waals surface area contributed by atoms with Crippen LogP contribution in [0.2, 0.25) is 0 Å². The molecule has 0 spiro atoms. The van der Waals surface area contributed by atoms with Gasteiger partial charge in [0.05, 0.1) is 11.0 Å². The Morgan fingerprint density at radius 1 is 0.364 bits per heavy atom. The number of para-hydroxylation sites is 2. The molecule has 0 radical (unpaired) electrons. The van der Waals surface area contributed by atoms with Crippen molar-refractivity contribution in [2.24, 2.45) is 0 Å². The largest absolute Gasteiger partial charge is 0.456 e. The van der Waals surface area contributed by atoms with Crippen molar-refractivity contribution >= 4 is 71.6 Å². The topological polar surface area (TPSA) is 21.3 Å². The predicted molar refractivity (Wildman–Crippen MR) is 231 cm³/mol. The van der Waals surface area contributed by atoms with E-state index in [4.69, 9.17) is 4.42 Å². The van der Waals surface area contributed by atoms with E-state index in [1.54, 1.807) is 0 Å². The number of furan rings is 1. The van der Waals surface area contributed by atoms with Crippen LogP contribution in [0.4, 0.5) is 17.1 Å². The third-order valence-corrected chi connectivity index (χ3v) is 11.0. The van der Waals surface area contributed by atoms with Crippen LogP contribution in [-0.4, -0.2) is 4.57 Å². The Morgan fingerprint density at radius 3 is 1.80 bits per heavy atom. The smallest absolute Gasteiger partial charge is 0.137 e. The first-order valence-electron chi connectivity index (χ1n) is 18.8. The fraction of sp³-hybridized carbons (Fsp3) is 0. The van der Waals surface area contributed by atoms with Crippen LogP contribution in [0.5, 0.6) is 0 Å². The van der Waals surface area contributed by atoms with Crippen LogP contribution in [0.3, 0.4) is 0 Å². The molecule has 55 heavy (non-hydrogen) atoms. The van der Waals surface area contributed by atoms with E-state index in [0.29, 0.717) is 0 Å². The Morgan fingerprint density at radius 2 is 1.00 bits per heavy atom. The molecule has 258 valence electrons. The molecule has 2 heterocycles. The SMILES string of the molecule is c1ccc(-c2ccc(N(c3ccc4c(c3)oc3ccc5cccc(-c6ccccc6)c5c34)c3ccc4c(c3)c3ccccc3n4-c3ccccc3)cc2)cc1. The van der Waals surface area contributed by atoms with Crippen molar-refractivity contribution in [2.45, 2.75) is 0 Å². The summed E-state index contributed by atoms with van der Waals surface area (Å²) in [7, 11) is 0. The first kappa shape index (κ1) is 31.2. The van der Waals surface area contributed by atoms with E-state index < -0.39 is 0 Å². The maximum atomic E-state index is 6.74. The second-order valence-corrected chi connectivity index (χ2v) is 14.1. The van der Waals surface area contributed by atoms with Gasteiger partial charge in [-0.1, -0.05) is 133 Å². The average molecular weight is 703 g/mol. The van der Waals surface area contributed by atoms with Crippen molar-refractivity contribution in [1.29, 1.82) is 0 Å². The van der Waals surface area contributed by atoms with Crippen molar-refractivity contribution in [3.8, 4) is 27.9 Å². The minimum atomic E-state index is 0.857. The van der Waals surface area contributed by atoms with Crippen LogP contribution >= 0.6 is 0 Å². The zero-order valence-electron chi connectivity index (χ0n) is 29.9. The van der Waals surface area contributed by atoms with Crippen LogP contribution in [0, 0.1) is 0 Å². The maximum absolute atomic E-state index is 6.74. The van der Waals surface area contributed by atoms with Crippen LogP contribution < -0.4 is 4.90 Å². The van der Waals surface area contributed by atoms with Crippen LogP contribution in [0.1, 0.15) is 0 Å². The molecule has 0 fully saturated rings. The lowest BCUT2D eigenvalue weighted by Gasteiger charge is -2.26. The molecule has 0 N–H and O–H groups in total. The summed E-state index contributed by atoms with van der Waals surface area (Å²) in [6, 6.07) is 73.8. The van der Waals surface area contributed by atoms with E-state index >= 15 is 0 Å². The van der Waals surface area contributed by atoms with Crippen molar-refractivity contribution in [3.05, 3.63) is 206 Å². The highest BCUT2D eigenvalue weighted by Gasteiger charge is 2.20. The molecule has 3 heteroatoms. The van der Waals surface area contributed by atoms with E-state index in [-0.39, 0.29) is 0 Å². The molecular weight excluding hydrogens is 669 g/mol. The molecule has 11 aromatic rings. The van der Waals surface area contributed by atoms with Gasteiger partial charge in [0.2, 0.25) is 0 Å². The molecule has 0 saturated carbocycles. The average Bonchev–Trinajstić information content (AvgIpc) is 3.80. The first-order valence-corrected chi connectivity index (χ1v) is 18.8. The number of aromatic nitrogens is 1. The zero-order valence-corrected chi connectivity index (χ0v) is 29.9. The van der Waals surface area contributed by atoms with Gasteiger partial charge in [-0.05, 0) is 94.4 Å². The van der Waals surface area contributed by atoms with Crippen LogP contribution in [0.15, 0.2) is 211 Å². The second kappa shape index (κ2) is 12.6. The van der Waals surface area contributed by atoms with Gasteiger partial charge in [-0.2, -0.15) is 0 Å². The van der Waals surface area contributed by atoms with Crippen molar-refractivity contribution in [1.82, 2.24) is 4.57 Å².